The van der Waals surface area contributed by atoms with Gasteiger partial charge in [0.2, 0.25) is 5.91 Å². The smallest absolute Gasteiger partial charge is 0.392 e. The van der Waals surface area contributed by atoms with E-state index in [1.54, 1.807) is 20.8 Å². The van der Waals surface area contributed by atoms with Crippen molar-refractivity contribution in [1.29, 1.82) is 0 Å². The van der Waals surface area contributed by atoms with Crippen LogP contribution in [0.3, 0.4) is 0 Å². The summed E-state index contributed by atoms with van der Waals surface area (Å²) in [6.45, 7) is 4.86. The lowest BCUT2D eigenvalue weighted by Gasteiger charge is -2.34. The summed E-state index contributed by atoms with van der Waals surface area (Å²) >= 11 is 0. The van der Waals surface area contributed by atoms with Gasteiger partial charge in [-0.15, -0.1) is 0 Å². The number of nitrogens with one attached hydrogen (secondary N) is 1. The van der Waals surface area contributed by atoms with Crippen LogP contribution < -0.4 is 5.32 Å². The van der Waals surface area contributed by atoms with Crippen molar-refractivity contribution in [2.24, 2.45) is 17.3 Å². The number of carboxylic acid groups (broad SMARTS) is 1. The van der Waals surface area contributed by atoms with E-state index >= 15 is 0 Å². The zero-order chi connectivity index (χ0) is 16.4. The molecule has 0 saturated heterocycles. The average Bonchev–Trinajstić information content (AvgIpc) is 2.32. The van der Waals surface area contributed by atoms with Crippen LogP contribution >= 0.6 is 0 Å². The van der Waals surface area contributed by atoms with E-state index < -0.39 is 41.3 Å². The fourth-order valence-electron chi connectivity index (χ4n) is 2.73. The summed E-state index contributed by atoms with van der Waals surface area (Å²) in [6.07, 6.45) is -3.36. The molecule has 0 bridgehead atoms. The van der Waals surface area contributed by atoms with Crippen LogP contribution in [0.5, 0.6) is 0 Å². The Bertz CT molecular complexity index is 401. The molecule has 7 heteroatoms. The normalized spacial score (nSPS) is 25.2. The van der Waals surface area contributed by atoms with E-state index in [1.807, 2.05) is 0 Å². The van der Waals surface area contributed by atoms with Gasteiger partial charge in [-0.3, -0.25) is 4.79 Å². The van der Waals surface area contributed by atoms with Gasteiger partial charge in [-0.05, 0) is 18.3 Å². The van der Waals surface area contributed by atoms with Gasteiger partial charge in [0.05, 0.1) is 5.92 Å². The highest BCUT2D eigenvalue weighted by atomic mass is 19.4. The molecule has 1 aliphatic carbocycles. The first-order valence-electron chi connectivity index (χ1n) is 7.04. The van der Waals surface area contributed by atoms with E-state index in [1.165, 1.54) is 0 Å². The predicted octanol–water partition coefficient (Wildman–Crippen LogP) is 2.97. The van der Waals surface area contributed by atoms with Gasteiger partial charge in [0.1, 0.15) is 6.04 Å². The highest BCUT2D eigenvalue weighted by molar-refractivity contribution is 5.85. The van der Waals surface area contributed by atoms with Crippen molar-refractivity contribution >= 4 is 11.9 Å². The van der Waals surface area contributed by atoms with Gasteiger partial charge in [-0.2, -0.15) is 13.2 Å². The molecule has 21 heavy (non-hydrogen) atoms. The van der Waals surface area contributed by atoms with Crippen LogP contribution in [0, 0.1) is 17.3 Å². The van der Waals surface area contributed by atoms with Crippen molar-refractivity contribution in [2.45, 2.75) is 58.7 Å². The lowest BCUT2D eigenvalue weighted by atomic mass is 9.77. The molecule has 0 spiro atoms. The topological polar surface area (TPSA) is 66.4 Å². The fourth-order valence-corrected chi connectivity index (χ4v) is 2.73. The predicted molar refractivity (Wildman–Crippen MR) is 70.5 cm³/mol. The third-order valence-corrected chi connectivity index (χ3v) is 3.92. The minimum Gasteiger partial charge on any atom is -0.480 e. The molecule has 4 nitrogen and oxygen atoms in total. The van der Waals surface area contributed by atoms with Crippen molar-refractivity contribution in [1.82, 2.24) is 5.32 Å². The molecule has 0 aliphatic heterocycles. The maximum atomic E-state index is 13.0. The van der Waals surface area contributed by atoms with Crippen LogP contribution in [0.1, 0.15) is 46.5 Å². The Morgan fingerprint density at radius 3 is 2.10 bits per heavy atom. The second kappa shape index (κ2) is 6.23. The Kier molecular flexibility index (Phi) is 5.28. The van der Waals surface area contributed by atoms with Gasteiger partial charge in [-0.25, -0.2) is 4.79 Å². The van der Waals surface area contributed by atoms with Crippen LogP contribution in [0.4, 0.5) is 13.2 Å². The SMILES string of the molecule is CC(C)(C)[C@H](NC(=O)C1CCCCC1C(F)(F)F)C(=O)O. The van der Waals surface area contributed by atoms with Crippen molar-refractivity contribution in [2.75, 3.05) is 0 Å². The molecule has 1 rings (SSSR count). The van der Waals surface area contributed by atoms with Crippen LogP contribution in [0.25, 0.3) is 0 Å². The van der Waals surface area contributed by atoms with Gasteiger partial charge < -0.3 is 10.4 Å². The maximum absolute atomic E-state index is 13.0. The van der Waals surface area contributed by atoms with Crippen LogP contribution in [-0.2, 0) is 9.59 Å². The Morgan fingerprint density at radius 2 is 1.67 bits per heavy atom. The van der Waals surface area contributed by atoms with Gasteiger partial charge >= 0.3 is 12.1 Å². The molecule has 0 radical (unpaired) electrons. The molecule has 2 N–H and O–H groups in total. The molecule has 0 aromatic rings. The third-order valence-electron chi connectivity index (χ3n) is 3.92. The molecule has 0 aromatic heterocycles. The molecule has 1 saturated carbocycles. The molecular weight excluding hydrogens is 287 g/mol. The minimum atomic E-state index is -4.43. The van der Waals surface area contributed by atoms with E-state index in [0.29, 0.717) is 12.8 Å². The summed E-state index contributed by atoms with van der Waals surface area (Å²) < 4.78 is 39.0. The molecule has 2 unspecified atom stereocenters. The average molecular weight is 309 g/mol. The Labute approximate surface area is 122 Å². The Morgan fingerprint density at radius 1 is 1.14 bits per heavy atom. The largest absolute Gasteiger partial charge is 0.480 e. The summed E-state index contributed by atoms with van der Waals surface area (Å²) in [5, 5.41) is 11.4. The molecule has 0 aromatic carbocycles. The minimum absolute atomic E-state index is 0.0746. The number of carboxylic acids is 1. The van der Waals surface area contributed by atoms with Crippen molar-refractivity contribution in [3.63, 3.8) is 0 Å². The highest BCUT2D eigenvalue weighted by Gasteiger charge is 2.48. The standard InChI is InChI=1S/C14H22F3NO3/c1-13(2,3)10(12(20)21)18-11(19)8-6-4-5-7-9(8)14(15,16)17/h8-10H,4-7H2,1-3H3,(H,18,19)(H,20,21)/t8?,9?,10-/m1/s1. The zero-order valence-electron chi connectivity index (χ0n) is 12.5. The summed E-state index contributed by atoms with van der Waals surface area (Å²) in [5.41, 5.74) is -0.774. The lowest BCUT2D eigenvalue weighted by molar-refractivity contribution is -0.198. The molecule has 3 atom stereocenters. The first-order chi connectivity index (χ1) is 9.44. The van der Waals surface area contributed by atoms with E-state index in [2.05, 4.69) is 5.32 Å². The van der Waals surface area contributed by atoms with E-state index in [-0.39, 0.29) is 12.8 Å². The van der Waals surface area contributed by atoms with E-state index in [9.17, 15) is 22.8 Å². The first-order valence-corrected chi connectivity index (χ1v) is 7.04. The zero-order valence-corrected chi connectivity index (χ0v) is 12.5. The molecule has 122 valence electrons. The highest BCUT2D eigenvalue weighted by Crippen LogP contribution is 2.41. The monoisotopic (exact) mass is 309 g/mol. The number of amides is 1. The molecule has 1 aliphatic rings. The van der Waals surface area contributed by atoms with Crippen LogP contribution in [0.2, 0.25) is 0 Å². The summed E-state index contributed by atoms with van der Waals surface area (Å²) in [7, 11) is 0. The number of carbonyl (C=O) groups excluding carboxylic acids is 1. The number of aliphatic carboxylic acids is 1. The molecule has 1 fully saturated rings. The summed E-state index contributed by atoms with van der Waals surface area (Å²) in [6, 6.07) is -1.21. The van der Waals surface area contributed by atoms with E-state index in [4.69, 9.17) is 5.11 Å². The van der Waals surface area contributed by atoms with Crippen molar-refractivity contribution in [3.05, 3.63) is 0 Å². The molecule has 0 heterocycles. The fraction of sp³-hybridized carbons (Fsp3) is 0.857. The van der Waals surface area contributed by atoms with Crippen LogP contribution in [0.15, 0.2) is 0 Å². The summed E-state index contributed by atoms with van der Waals surface area (Å²) in [4.78, 5) is 23.3. The number of hydrogen-bond acceptors (Lipinski definition) is 2. The number of carbonyl (C=O) groups is 2. The number of halogens is 3. The number of rotatable bonds is 3. The van der Waals surface area contributed by atoms with Crippen molar-refractivity contribution < 1.29 is 27.9 Å². The van der Waals surface area contributed by atoms with Gasteiger partial charge in [0, 0.05) is 5.92 Å². The van der Waals surface area contributed by atoms with Gasteiger partial charge in [0.15, 0.2) is 0 Å². The van der Waals surface area contributed by atoms with E-state index in [0.717, 1.165) is 0 Å². The number of hydrogen-bond donors (Lipinski definition) is 2. The second-order valence-corrected chi connectivity index (χ2v) is 6.68. The molecular formula is C14H22F3NO3. The quantitative estimate of drug-likeness (QED) is 0.842. The van der Waals surface area contributed by atoms with Crippen molar-refractivity contribution in [3.8, 4) is 0 Å². The van der Waals surface area contributed by atoms with Crippen LogP contribution in [-0.4, -0.2) is 29.2 Å². The Hall–Kier alpha value is -1.27. The maximum Gasteiger partial charge on any atom is 0.392 e. The first kappa shape index (κ1) is 17.8. The lowest BCUT2D eigenvalue weighted by Crippen LogP contribution is -2.53. The van der Waals surface area contributed by atoms with Gasteiger partial charge in [0.25, 0.3) is 0 Å². The van der Waals surface area contributed by atoms with Gasteiger partial charge in [-0.1, -0.05) is 33.6 Å². The Balaban J connectivity index is 2.87. The summed E-state index contributed by atoms with van der Waals surface area (Å²) in [5.74, 6) is -4.92. The third kappa shape index (κ3) is 4.61. The molecule has 1 amide bonds. The number of alkyl halides is 3. The second-order valence-electron chi connectivity index (χ2n) is 6.68.